The molecule has 0 spiro atoms. The Balaban J connectivity index is 2.09. The first kappa shape index (κ1) is 19.9. The number of anilines is 1. The van der Waals surface area contributed by atoms with E-state index in [1.165, 1.54) is 0 Å². The van der Waals surface area contributed by atoms with Crippen LogP contribution < -0.4 is 10.2 Å². The zero-order valence-electron chi connectivity index (χ0n) is 15.1. The van der Waals surface area contributed by atoms with Crippen molar-refractivity contribution in [3.05, 3.63) is 65.2 Å². The van der Waals surface area contributed by atoms with Crippen molar-refractivity contribution in [3.63, 3.8) is 0 Å². The number of carbonyl (C=O) groups is 2. The summed E-state index contributed by atoms with van der Waals surface area (Å²) in [4.78, 5) is 28.6. The molecule has 138 valence electrons. The molecule has 26 heavy (non-hydrogen) atoms. The van der Waals surface area contributed by atoms with Crippen LogP contribution >= 0.6 is 11.6 Å². The Bertz CT molecular complexity index is 735. The highest BCUT2D eigenvalue weighted by molar-refractivity contribution is 6.31. The highest BCUT2D eigenvalue weighted by atomic mass is 35.5. The second-order valence-electron chi connectivity index (χ2n) is 6.21. The summed E-state index contributed by atoms with van der Waals surface area (Å²) in [5, 5.41) is 3.41. The van der Waals surface area contributed by atoms with Gasteiger partial charge in [-0.1, -0.05) is 35.9 Å². The predicted molar refractivity (Wildman–Crippen MR) is 106 cm³/mol. The second-order valence-corrected chi connectivity index (χ2v) is 6.64. The second kappa shape index (κ2) is 9.94. The van der Waals surface area contributed by atoms with Gasteiger partial charge in [0.25, 0.3) is 5.91 Å². The SMILES string of the molecule is CN(C)CCNC(=O)CCN(C(=O)c1ccccc1)c1cccc(Cl)c1. The Labute approximate surface area is 159 Å². The van der Waals surface area contributed by atoms with Crippen molar-refractivity contribution in [2.24, 2.45) is 0 Å². The lowest BCUT2D eigenvalue weighted by Gasteiger charge is -2.23. The van der Waals surface area contributed by atoms with Crippen molar-refractivity contribution in [1.29, 1.82) is 0 Å². The summed E-state index contributed by atoms with van der Waals surface area (Å²) in [5.41, 5.74) is 1.24. The normalized spacial score (nSPS) is 10.6. The number of hydrogen-bond acceptors (Lipinski definition) is 3. The van der Waals surface area contributed by atoms with Gasteiger partial charge in [-0.3, -0.25) is 9.59 Å². The number of carbonyl (C=O) groups excluding carboxylic acids is 2. The molecule has 0 saturated carbocycles. The van der Waals surface area contributed by atoms with Gasteiger partial charge in [0.1, 0.15) is 0 Å². The lowest BCUT2D eigenvalue weighted by atomic mass is 10.1. The molecule has 1 N–H and O–H groups in total. The third kappa shape index (κ3) is 6.17. The van der Waals surface area contributed by atoms with Crippen LogP contribution in [-0.2, 0) is 4.79 Å². The van der Waals surface area contributed by atoms with E-state index in [-0.39, 0.29) is 24.8 Å². The molecule has 0 unspecified atom stereocenters. The van der Waals surface area contributed by atoms with E-state index in [1.807, 2.05) is 43.3 Å². The third-order valence-corrected chi connectivity index (χ3v) is 4.06. The minimum Gasteiger partial charge on any atom is -0.355 e. The van der Waals surface area contributed by atoms with E-state index in [1.54, 1.807) is 35.2 Å². The molecule has 0 heterocycles. The van der Waals surface area contributed by atoms with Crippen molar-refractivity contribution in [3.8, 4) is 0 Å². The minimum absolute atomic E-state index is 0.0836. The summed E-state index contributed by atoms with van der Waals surface area (Å²) in [6.45, 7) is 1.63. The lowest BCUT2D eigenvalue weighted by Crippen LogP contribution is -2.37. The van der Waals surface area contributed by atoms with Crippen LogP contribution in [0.15, 0.2) is 54.6 Å². The van der Waals surface area contributed by atoms with E-state index >= 15 is 0 Å². The summed E-state index contributed by atoms with van der Waals surface area (Å²) in [5.74, 6) is -0.242. The van der Waals surface area contributed by atoms with E-state index in [4.69, 9.17) is 11.6 Å². The van der Waals surface area contributed by atoms with E-state index in [9.17, 15) is 9.59 Å². The van der Waals surface area contributed by atoms with E-state index in [0.29, 0.717) is 22.8 Å². The first-order chi connectivity index (χ1) is 12.5. The number of nitrogens with one attached hydrogen (secondary N) is 1. The smallest absolute Gasteiger partial charge is 0.258 e. The summed E-state index contributed by atoms with van der Waals surface area (Å²) in [6, 6.07) is 16.1. The fraction of sp³-hybridized carbons (Fsp3) is 0.300. The molecular formula is C20H24ClN3O2. The van der Waals surface area contributed by atoms with Crippen LogP contribution in [0.3, 0.4) is 0 Å². The molecule has 2 rings (SSSR count). The van der Waals surface area contributed by atoms with E-state index in [0.717, 1.165) is 6.54 Å². The molecule has 6 heteroatoms. The van der Waals surface area contributed by atoms with Gasteiger partial charge in [0.05, 0.1) is 0 Å². The van der Waals surface area contributed by atoms with Gasteiger partial charge in [0.15, 0.2) is 0 Å². The summed E-state index contributed by atoms with van der Waals surface area (Å²) in [7, 11) is 3.90. The van der Waals surface area contributed by atoms with Crippen molar-refractivity contribution in [2.75, 3.05) is 38.6 Å². The van der Waals surface area contributed by atoms with Gasteiger partial charge in [-0.05, 0) is 44.4 Å². The number of likely N-dealkylation sites (N-methyl/N-ethyl adjacent to an activating group) is 1. The first-order valence-electron chi connectivity index (χ1n) is 8.51. The number of rotatable bonds is 8. The molecule has 0 aliphatic heterocycles. The number of halogens is 1. The van der Waals surface area contributed by atoms with Gasteiger partial charge in [0, 0.05) is 42.3 Å². The van der Waals surface area contributed by atoms with Gasteiger partial charge in [-0.2, -0.15) is 0 Å². The van der Waals surface area contributed by atoms with Crippen LogP contribution in [0, 0.1) is 0 Å². The fourth-order valence-electron chi connectivity index (χ4n) is 2.45. The van der Waals surface area contributed by atoms with Crippen LogP contribution in [0.4, 0.5) is 5.69 Å². The monoisotopic (exact) mass is 373 g/mol. The van der Waals surface area contributed by atoms with Gasteiger partial charge in [-0.15, -0.1) is 0 Å². The molecule has 2 aromatic rings. The minimum atomic E-state index is -0.158. The largest absolute Gasteiger partial charge is 0.355 e. The first-order valence-corrected chi connectivity index (χ1v) is 8.89. The number of nitrogens with zero attached hydrogens (tertiary/aromatic N) is 2. The topological polar surface area (TPSA) is 52.7 Å². The zero-order valence-corrected chi connectivity index (χ0v) is 15.9. The number of hydrogen-bond donors (Lipinski definition) is 1. The molecule has 0 saturated heterocycles. The van der Waals surface area contributed by atoms with Crippen LogP contribution in [-0.4, -0.2) is 50.4 Å². The van der Waals surface area contributed by atoms with Crippen LogP contribution in [0.2, 0.25) is 5.02 Å². The molecule has 5 nitrogen and oxygen atoms in total. The summed E-state index contributed by atoms with van der Waals surface area (Å²) >= 11 is 6.08. The standard InChI is InChI=1S/C20H24ClN3O2/c1-23(2)14-12-22-19(25)11-13-24(18-10-6-9-17(21)15-18)20(26)16-7-4-3-5-8-16/h3-10,15H,11-14H2,1-2H3,(H,22,25). The van der Waals surface area contributed by atoms with Crippen LogP contribution in [0.5, 0.6) is 0 Å². The Kier molecular flexibility index (Phi) is 7.63. The lowest BCUT2D eigenvalue weighted by molar-refractivity contribution is -0.120. The molecule has 0 aromatic heterocycles. The van der Waals surface area contributed by atoms with Crippen molar-refractivity contribution < 1.29 is 9.59 Å². The Morgan fingerprint density at radius 3 is 2.38 bits per heavy atom. The number of amides is 2. The fourth-order valence-corrected chi connectivity index (χ4v) is 2.63. The Morgan fingerprint density at radius 1 is 1.00 bits per heavy atom. The molecule has 0 radical (unpaired) electrons. The molecule has 0 aliphatic carbocycles. The number of benzene rings is 2. The average molecular weight is 374 g/mol. The molecule has 0 atom stereocenters. The highest BCUT2D eigenvalue weighted by Crippen LogP contribution is 2.21. The average Bonchev–Trinajstić information content (AvgIpc) is 2.62. The van der Waals surface area contributed by atoms with Gasteiger partial charge >= 0.3 is 0 Å². The molecule has 0 aliphatic rings. The molecular weight excluding hydrogens is 350 g/mol. The molecule has 2 amide bonds. The van der Waals surface area contributed by atoms with Crippen molar-refractivity contribution in [1.82, 2.24) is 10.2 Å². The zero-order chi connectivity index (χ0) is 18.9. The van der Waals surface area contributed by atoms with Crippen LogP contribution in [0.25, 0.3) is 0 Å². The predicted octanol–water partition coefficient (Wildman–Crippen LogP) is 3.05. The van der Waals surface area contributed by atoms with Gasteiger partial charge < -0.3 is 15.1 Å². The Morgan fingerprint density at radius 2 is 1.73 bits per heavy atom. The summed E-state index contributed by atoms with van der Waals surface area (Å²) in [6.07, 6.45) is 0.221. The summed E-state index contributed by atoms with van der Waals surface area (Å²) < 4.78 is 0. The van der Waals surface area contributed by atoms with E-state index in [2.05, 4.69) is 5.32 Å². The highest BCUT2D eigenvalue weighted by Gasteiger charge is 2.19. The Hall–Kier alpha value is -2.37. The van der Waals surface area contributed by atoms with Gasteiger partial charge in [-0.25, -0.2) is 0 Å². The molecule has 0 fully saturated rings. The quantitative estimate of drug-likeness (QED) is 0.773. The van der Waals surface area contributed by atoms with Crippen molar-refractivity contribution >= 4 is 29.1 Å². The maximum Gasteiger partial charge on any atom is 0.258 e. The van der Waals surface area contributed by atoms with Gasteiger partial charge in [0.2, 0.25) is 5.91 Å². The maximum atomic E-state index is 12.9. The maximum absolute atomic E-state index is 12.9. The van der Waals surface area contributed by atoms with Crippen LogP contribution in [0.1, 0.15) is 16.8 Å². The van der Waals surface area contributed by atoms with E-state index < -0.39 is 0 Å². The molecule has 2 aromatic carbocycles. The molecule has 0 bridgehead atoms. The third-order valence-electron chi connectivity index (χ3n) is 3.83. The van der Waals surface area contributed by atoms with Crippen molar-refractivity contribution in [2.45, 2.75) is 6.42 Å².